The number of nitrogens with two attached hydrogens (primary N) is 1. The fourth-order valence-corrected chi connectivity index (χ4v) is 1.35. The maximum atomic E-state index is 13.0. The number of hydrogen-bond donors (Lipinski definition) is 1. The van der Waals surface area contributed by atoms with Crippen LogP contribution in [0.25, 0.3) is 0 Å². The standard InChI is InChI=1S/C12H16FNO3/c1-3-16-12(15)7-17-11-5-4-9(13)6-10(11)8(2)14/h4-6,8H,3,7,14H2,1-2H3/t8-/m0/s1. The number of ether oxygens (including phenoxy) is 2. The van der Waals surface area contributed by atoms with Crippen LogP contribution in [0.15, 0.2) is 18.2 Å². The van der Waals surface area contributed by atoms with E-state index in [9.17, 15) is 9.18 Å². The van der Waals surface area contributed by atoms with Gasteiger partial charge in [-0.25, -0.2) is 9.18 Å². The summed E-state index contributed by atoms with van der Waals surface area (Å²) in [5, 5.41) is 0. The lowest BCUT2D eigenvalue weighted by molar-refractivity contribution is -0.145. The zero-order valence-electron chi connectivity index (χ0n) is 9.90. The van der Waals surface area contributed by atoms with Crippen molar-refractivity contribution >= 4 is 5.97 Å². The molecule has 0 aromatic heterocycles. The normalized spacial score (nSPS) is 12.0. The number of carbonyl (C=O) groups is 1. The first-order chi connectivity index (χ1) is 8.04. The van der Waals surface area contributed by atoms with E-state index < -0.39 is 5.97 Å². The van der Waals surface area contributed by atoms with Gasteiger partial charge in [-0.15, -0.1) is 0 Å². The van der Waals surface area contributed by atoms with Crippen LogP contribution in [0, 0.1) is 5.82 Å². The van der Waals surface area contributed by atoms with E-state index in [2.05, 4.69) is 0 Å². The molecule has 2 N–H and O–H groups in total. The van der Waals surface area contributed by atoms with Crippen LogP contribution in [0.3, 0.4) is 0 Å². The van der Waals surface area contributed by atoms with Crippen molar-refractivity contribution in [3.8, 4) is 5.75 Å². The molecule has 1 aromatic rings. The highest BCUT2D eigenvalue weighted by molar-refractivity contribution is 5.71. The minimum absolute atomic E-state index is 0.209. The molecule has 0 fully saturated rings. The minimum atomic E-state index is -0.465. The van der Waals surface area contributed by atoms with Gasteiger partial charge in [0.1, 0.15) is 11.6 Å². The third-order valence-corrected chi connectivity index (χ3v) is 2.11. The molecule has 0 radical (unpaired) electrons. The lowest BCUT2D eigenvalue weighted by atomic mass is 10.1. The molecule has 0 spiro atoms. The van der Waals surface area contributed by atoms with Gasteiger partial charge >= 0.3 is 5.97 Å². The van der Waals surface area contributed by atoms with E-state index in [1.807, 2.05) is 0 Å². The Bertz CT molecular complexity index is 393. The van der Waals surface area contributed by atoms with Crippen LogP contribution in [0.1, 0.15) is 25.5 Å². The molecule has 1 rings (SSSR count). The van der Waals surface area contributed by atoms with Crippen LogP contribution in [0.2, 0.25) is 0 Å². The second-order valence-corrected chi connectivity index (χ2v) is 3.56. The molecule has 0 amide bonds. The van der Waals surface area contributed by atoms with E-state index >= 15 is 0 Å². The molecule has 94 valence electrons. The van der Waals surface area contributed by atoms with Gasteiger partial charge in [0.15, 0.2) is 6.61 Å². The number of benzene rings is 1. The van der Waals surface area contributed by atoms with Gasteiger partial charge < -0.3 is 15.2 Å². The van der Waals surface area contributed by atoms with Crippen molar-refractivity contribution in [3.05, 3.63) is 29.6 Å². The minimum Gasteiger partial charge on any atom is -0.482 e. The van der Waals surface area contributed by atoms with Crippen LogP contribution < -0.4 is 10.5 Å². The fraction of sp³-hybridized carbons (Fsp3) is 0.417. The molecule has 0 saturated heterocycles. The summed E-state index contributed by atoms with van der Waals surface area (Å²) in [6.07, 6.45) is 0. The summed E-state index contributed by atoms with van der Waals surface area (Å²) < 4.78 is 23.0. The molecule has 0 aliphatic heterocycles. The SMILES string of the molecule is CCOC(=O)COc1ccc(F)cc1[C@H](C)N. The predicted octanol–water partition coefficient (Wildman–Crippen LogP) is 1.79. The summed E-state index contributed by atoms with van der Waals surface area (Å²) in [5.74, 6) is -0.456. The lowest BCUT2D eigenvalue weighted by Crippen LogP contribution is -2.16. The summed E-state index contributed by atoms with van der Waals surface area (Å²) >= 11 is 0. The van der Waals surface area contributed by atoms with Gasteiger partial charge in [0.2, 0.25) is 0 Å². The second kappa shape index (κ2) is 6.20. The second-order valence-electron chi connectivity index (χ2n) is 3.56. The van der Waals surface area contributed by atoms with Gasteiger partial charge in [-0.1, -0.05) is 0 Å². The summed E-state index contributed by atoms with van der Waals surface area (Å²) in [6, 6.07) is 3.63. The Balaban J connectivity index is 2.73. The zero-order valence-corrected chi connectivity index (χ0v) is 9.90. The number of rotatable bonds is 5. The fourth-order valence-electron chi connectivity index (χ4n) is 1.35. The third kappa shape index (κ3) is 4.03. The van der Waals surface area contributed by atoms with Crippen molar-refractivity contribution < 1.29 is 18.7 Å². The predicted molar refractivity (Wildman–Crippen MR) is 61.1 cm³/mol. The molecule has 17 heavy (non-hydrogen) atoms. The van der Waals surface area contributed by atoms with E-state index in [0.717, 1.165) is 0 Å². The van der Waals surface area contributed by atoms with Crippen LogP contribution >= 0.6 is 0 Å². The molecule has 1 aromatic carbocycles. The monoisotopic (exact) mass is 241 g/mol. The van der Waals surface area contributed by atoms with Crippen molar-refractivity contribution in [1.29, 1.82) is 0 Å². The first-order valence-electron chi connectivity index (χ1n) is 5.38. The Morgan fingerprint density at radius 3 is 2.82 bits per heavy atom. The quantitative estimate of drug-likeness (QED) is 0.798. The summed E-state index contributed by atoms with van der Waals surface area (Å²) in [4.78, 5) is 11.1. The number of esters is 1. The largest absolute Gasteiger partial charge is 0.482 e. The van der Waals surface area contributed by atoms with Gasteiger partial charge in [-0.05, 0) is 32.0 Å². The maximum Gasteiger partial charge on any atom is 0.344 e. The van der Waals surface area contributed by atoms with E-state index in [4.69, 9.17) is 15.2 Å². The molecule has 0 bridgehead atoms. The molecule has 0 saturated carbocycles. The van der Waals surface area contributed by atoms with Gasteiger partial charge in [0, 0.05) is 11.6 Å². The number of halogens is 1. The zero-order chi connectivity index (χ0) is 12.8. The highest BCUT2D eigenvalue weighted by Gasteiger charge is 2.11. The molecular weight excluding hydrogens is 225 g/mol. The molecule has 0 unspecified atom stereocenters. The molecule has 0 aliphatic rings. The summed E-state index contributed by atoms with van der Waals surface area (Å²) in [5.41, 5.74) is 6.21. The van der Waals surface area contributed by atoms with E-state index in [-0.39, 0.29) is 18.5 Å². The highest BCUT2D eigenvalue weighted by Crippen LogP contribution is 2.24. The molecular formula is C12H16FNO3. The number of carbonyl (C=O) groups excluding carboxylic acids is 1. The van der Waals surface area contributed by atoms with Crippen molar-refractivity contribution in [2.24, 2.45) is 5.73 Å². The van der Waals surface area contributed by atoms with E-state index in [1.54, 1.807) is 13.8 Å². The summed E-state index contributed by atoms with van der Waals surface area (Å²) in [7, 11) is 0. The van der Waals surface area contributed by atoms with Crippen molar-refractivity contribution in [2.75, 3.05) is 13.2 Å². The molecule has 1 atom stereocenters. The van der Waals surface area contributed by atoms with Gasteiger partial charge in [-0.3, -0.25) is 0 Å². The topological polar surface area (TPSA) is 61.5 Å². The van der Waals surface area contributed by atoms with Crippen molar-refractivity contribution in [2.45, 2.75) is 19.9 Å². The average molecular weight is 241 g/mol. The van der Waals surface area contributed by atoms with Gasteiger partial charge in [0.05, 0.1) is 6.61 Å². The summed E-state index contributed by atoms with van der Waals surface area (Å²) in [6.45, 7) is 3.51. The third-order valence-electron chi connectivity index (χ3n) is 2.11. The average Bonchev–Trinajstić information content (AvgIpc) is 2.27. The van der Waals surface area contributed by atoms with E-state index in [0.29, 0.717) is 17.9 Å². The Morgan fingerprint density at radius 1 is 1.53 bits per heavy atom. The Morgan fingerprint density at radius 2 is 2.24 bits per heavy atom. The Hall–Kier alpha value is -1.62. The van der Waals surface area contributed by atoms with E-state index in [1.165, 1.54) is 18.2 Å². The smallest absolute Gasteiger partial charge is 0.344 e. The molecule has 5 heteroatoms. The Kier molecular flexibility index (Phi) is 4.90. The van der Waals surface area contributed by atoms with Crippen LogP contribution in [-0.2, 0) is 9.53 Å². The van der Waals surface area contributed by atoms with Crippen LogP contribution in [0.4, 0.5) is 4.39 Å². The Labute approximate surface area is 99.5 Å². The maximum absolute atomic E-state index is 13.0. The lowest BCUT2D eigenvalue weighted by Gasteiger charge is -2.13. The number of hydrogen-bond acceptors (Lipinski definition) is 4. The van der Waals surface area contributed by atoms with Crippen molar-refractivity contribution in [1.82, 2.24) is 0 Å². The molecule has 0 heterocycles. The molecule has 0 aliphatic carbocycles. The van der Waals surface area contributed by atoms with Gasteiger partial charge in [-0.2, -0.15) is 0 Å². The molecule has 4 nitrogen and oxygen atoms in total. The van der Waals surface area contributed by atoms with Crippen molar-refractivity contribution in [3.63, 3.8) is 0 Å². The highest BCUT2D eigenvalue weighted by atomic mass is 19.1. The van der Waals surface area contributed by atoms with Crippen LogP contribution in [0.5, 0.6) is 5.75 Å². The van der Waals surface area contributed by atoms with Crippen LogP contribution in [-0.4, -0.2) is 19.2 Å². The van der Waals surface area contributed by atoms with Gasteiger partial charge in [0.25, 0.3) is 0 Å². The first kappa shape index (κ1) is 13.4. The first-order valence-corrected chi connectivity index (χ1v) is 5.38.